The number of fused-ring (bicyclic) bond motifs is 5. The van der Waals surface area contributed by atoms with Gasteiger partial charge in [0.25, 0.3) is 0 Å². The van der Waals surface area contributed by atoms with Gasteiger partial charge in [-0.2, -0.15) is 0 Å². The van der Waals surface area contributed by atoms with E-state index in [0.717, 1.165) is 6.42 Å². The molecule has 0 atom stereocenters. The number of hydrogen-bond acceptors (Lipinski definition) is 1. The second kappa shape index (κ2) is 3.98. The van der Waals surface area contributed by atoms with E-state index >= 15 is 0 Å². The second-order valence-electron chi connectivity index (χ2n) is 4.74. The molecule has 88 valence electrons. The molecular weight excluding hydrogens is 276 g/mol. The van der Waals surface area contributed by atoms with E-state index in [9.17, 15) is 0 Å². The molecule has 1 aliphatic heterocycles. The van der Waals surface area contributed by atoms with E-state index in [1.165, 1.54) is 54.1 Å². The highest BCUT2D eigenvalue weighted by Crippen LogP contribution is 2.35. The van der Waals surface area contributed by atoms with Gasteiger partial charge in [0.05, 0.1) is 5.69 Å². The highest BCUT2D eigenvalue weighted by atomic mass is 79.9. The molecule has 2 aliphatic rings. The Hall–Kier alpha value is -1.09. The normalized spacial score (nSPS) is 15.8. The third-order valence-corrected chi connectivity index (χ3v) is 3.84. The van der Waals surface area contributed by atoms with Gasteiger partial charge in [0.2, 0.25) is 0 Å². The molecule has 0 saturated carbocycles. The van der Waals surface area contributed by atoms with E-state index < -0.39 is 0 Å². The molecule has 4 rings (SSSR count). The van der Waals surface area contributed by atoms with Crippen LogP contribution in [0.25, 0.3) is 11.3 Å². The van der Waals surface area contributed by atoms with Gasteiger partial charge in [0.1, 0.15) is 5.82 Å². The van der Waals surface area contributed by atoms with Gasteiger partial charge in [-0.1, -0.05) is 24.3 Å². The molecule has 0 fully saturated rings. The van der Waals surface area contributed by atoms with Gasteiger partial charge in [-0.15, -0.1) is 17.0 Å². The number of aromatic nitrogens is 2. The zero-order valence-corrected chi connectivity index (χ0v) is 11.4. The Morgan fingerprint density at radius 3 is 2.88 bits per heavy atom. The lowest BCUT2D eigenvalue weighted by Gasteiger charge is -2.16. The van der Waals surface area contributed by atoms with Crippen molar-refractivity contribution < 1.29 is 0 Å². The number of nitrogens with zero attached hydrogens (tertiary/aromatic N) is 2. The molecule has 0 amide bonds. The summed E-state index contributed by atoms with van der Waals surface area (Å²) in [7, 11) is 0. The summed E-state index contributed by atoms with van der Waals surface area (Å²) in [6.07, 6.45) is 4.78. The predicted molar refractivity (Wildman–Crippen MR) is 73.7 cm³/mol. The summed E-state index contributed by atoms with van der Waals surface area (Å²) >= 11 is 0. The molecular formula is C14H15BrN2. The summed E-state index contributed by atoms with van der Waals surface area (Å²) in [4.78, 5) is 4.84. The van der Waals surface area contributed by atoms with Gasteiger partial charge in [-0.25, -0.2) is 4.98 Å². The average Bonchev–Trinajstić information content (AvgIpc) is 2.88. The summed E-state index contributed by atoms with van der Waals surface area (Å²) in [5.41, 5.74) is 5.57. The molecule has 0 unspecified atom stereocenters. The molecule has 0 saturated heterocycles. The molecule has 1 aromatic heterocycles. The quantitative estimate of drug-likeness (QED) is 0.729. The van der Waals surface area contributed by atoms with Gasteiger partial charge in [-0.3, -0.25) is 0 Å². The van der Waals surface area contributed by atoms with Crippen LogP contribution < -0.4 is 0 Å². The van der Waals surface area contributed by atoms with Crippen LogP contribution >= 0.6 is 17.0 Å². The van der Waals surface area contributed by atoms with Crippen molar-refractivity contribution in [2.75, 3.05) is 0 Å². The molecule has 2 heterocycles. The van der Waals surface area contributed by atoms with Crippen molar-refractivity contribution >= 4 is 17.0 Å². The van der Waals surface area contributed by atoms with Crippen LogP contribution in [0, 0.1) is 0 Å². The highest BCUT2D eigenvalue weighted by Gasteiger charge is 2.25. The van der Waals surface area contributed by atoms with Crippen molar-refractivity contribution in [2.24, 2.45) is 0 Å². The van der Waals surface area contributed by atoms with Gasteiger partial charge < -0.3 is 4.57 Å². The second-order valence-corrected chi connectivity index (χ2v) is 4.74. The van der Waals surface area contributed by atoms with Crippen molar-refractivity contribution in [3.8, 4) is 11.3 Å². The Morgan fingerprint density at radius 2 is 1.94 bits per heavy atom. The van der Waals surface area contributed by atoms with E-state index in [4.69, 9.17) is 4.98 Å². The van der Waals surface area contributed by atoms with Crippen LogP contribution in [0.5, 0.6) is 0 Å². The van der Waals surface area contributed by atoms with E-state index in [0.29, 0.717) is 0 Å². The first kappa shape index (κ1) is 11.0. The first-order chi connectivity index (χ1) is 7.93. The molecule has 0 bridgehead atoms. The first-order valence-corrected chi connectivity index (χ1v) is 6.10. The number of halogens is 1. The van der Waals surface area contributed by atoms with E-state index in [1.54, 1.807) is 0 Å². The maximum atomic E-state index is 4.84. The van der Waals surface area contributed by atoms with Gasteiger partial charge in [0.15, 0.2) is 0 Å². The minimum absolute atomic E-state index is 0. The summed E-state index contributed by atoms with van der Waals surface area (Å²) < 4.78 is 2.45. The van der Waals surface area contributed by atoms with Crippen molar-refractivity contribution in [1.82, 2.24) is 9.55 Å². The smallest absolute Gasteiger partial charge is 0.109 e. The molecule has 2 aromatic rings. The van der Waals surface area contributed by atoms with Crippen LogP contribution in [0.1, 0.15) is 23.5 Å². The lowest BCUT2D eigenvalue weighted by Crippen LogP contribution is -2.07. The van der Waals surface area contributed by atoms with Crippen LogP contribution in [0.15, 0.2) is 24.3 Å². The predicted octanol–water partition coefficient (Wildman–Crippen LogP) is 3.17. The minimum atomic E-state index is 0. The summed E-state index contributed by atoms with van der Waals surface area (Å²) in [5, 5.41) is 0. The number of hydrogen-bond donors (Lipinski definition) is 0. The lowest BCUT2D eigenvalue weighted by molar-refractivity contribution is 0.697. The van der Waals surface area contributed by atoms with Crippen LogP contribution in [0.2, 0.25) is 0 Å². The van der Waals surface area contributed by atoms with E-state index in [1.807, 2.05) is 0 Å². The zero-order chi connectivity index (χ0) is 10.5. The van der Waals surface area contributed by atoms with Crippen molar-refractivity contribution in [1.29, 1.82) is 0 Å². The van der Waals surface area contributed by atoms with Crippen molar-refractivity contribution in [2.45, 2.75) is 32.2 Å². The maximum absolute atomic E-state index is 4.84. The molecule has 1 aromatic carbocycles. The summed E-state index contributed by atoms with van der Waals surface area (Å²) in [6, 6.07) is 8.71. The summed E-state index contributed by atoms with van der Waals surface area (Å²) in [5.74, 6) is 1.31. The molecule has 3 heteroatoms. The zero-order valence-electron chi connectivity index (χ0n) is 9.65. The Morgan fingerprint density at radius 1 is 1.06 bits per heavy atom. The summed E-state index contributed by atoms with van der Waals surface area (Å²) in [6.45, 7) is 1.18. The lowest BCUT2D eigenvalue weighted by atomic mass is 9.92. The molecule has 0 N–H and O–H groups in total. The average molecular weight is 291 g/mol. The SMILES string of the molecule is Br.c1ccc2c(c1)CCc1c-2nc2n1CCC2. The Labute approximate surface area is 111 Å². The number of aryl methyl sites for hydroxylation is 2. The largest absolute Gasteiger partial charge is 0.331 e. The topological polar surface area (TPSA) is 17.8 Å². The molecule has 17 heavy (non-hydrogen) atoms. The fourth-order valence-corrected chi connectivity index (χ4v) is 3.08. The van der Waals surface area contributed by atoms with Gasteiger partial charge in [-0.05, 0) is 24.8 Å². The molecule has 0 radical (unpaired) electrons. The number of rotatable bonds is 0. The number of imidazole rings is 1. The molecule has 0 spiro atoms. The highest BCUT2D eigenvalue weighted by molar-refractivity contribution is 8.93. The van der Waals surface area contributed by atoms with Crippen LogP contribution in [-0.4, -0.2) is 9.55 Å². The van der Waals surface area contributed by atoms with E-state index in [-0.39, 0.29) is 17.0 Å². The Kier molecular flexibility index (Phi) is 2.58. The molecule has 1 aliphatic carbocycles. The first-order valence-electron chi connectivity index (χ1n) is 6.10. The fraction of sp³-hybridized carbons (Fsp3) is 0.357. The fourth-order valence-electron chi connectivity index (χ4n) is 3.08. The van der Waals surface area contributed by atoms with Gasteiger partial charge in [0, 0.05) is 24.2 Å². The third kappa shape index (κ3) is 1.48. The van der Waals surface area contributed by atoms with Crippen LogP contribution in [0.3, 0.4) is 0 Å². The minimum Gasteiger partial charge on any atom is -0.331 e. The van der Waals surface area contributed by atoms with Crippen LogP contribution in [0.4, 0.5) is 0 Å². The number of benzene rings is 1. The third-order valence-electron chi connectivity index (χ3n) is 3.84. The maximum Gasteiger partial charge on any atom is 0.109 e. The van der Waals surface area contributed by atoms with Gasteiger partial charge >= 0.3 is 0 Å². The standard InChI is InChI=1S/C14H14N2.BrH/c1-2-5-11-10(4-1)7-8-12-14(11)15-13-6-3-9-16(12)13;/h1-2,4-5H,3,6-9H2;1H. The van der Waals surface area contributed by atoms with Crippen LogP contribution in [-0.2, 0) is 25.8 Å². The van der Waals surface area contributed by atoms with E-state index in [2.05, 4.69) is 28.8 Å². The van der Waals surface area contributed by atoms with Crippen molar-refractivity contribution in [3.63, 3.8) is 0 Å². The monoisotopic (exact) mass is 290 g/mol. The Balaban J connectivity index is 0.000000902. The Bertz CT molecular complexity index is 572. The van der Waals surface area contributed by atoms with Crippen molar-refractivity contribution in [3.05, 3.63) is 41.3 Å². The molecule has 2 nitrogen and oxygen atoms in total.